The Morgan fingerprint density at radius 1 is 1.92 bits per heavy atom. The van der Waals surface area contributed by atoms with Crippen LogP contribution in [0.4, 0.5) is 0 Å². The molecular weight excluding hydrogens is 156 g/mol. The van der Waals surface area contributed by atoms with Gasteiger partial charge < -0.3 is 9.47 Å². The van der Waals surface area contributed by atoms with Gasteiger partial charge >= 0.3 is 5.97 Å². The number of rotatable bonds is 5. The fourth-order valence-corrected chi connectivity index (χ4v) is 0.961. The van der Waals surface area contributed by atoms with Crippen LogP contribution in [0.15, 0.2) is 12.7 Å². The number of esters is 1. The highest BCUT2D eigenvalue weighted by molar-refractivity contribution is 5.81. The third-order valence-electron chi connectivity index (χ3n) is 1.78. The van der Waals surface area contributed by atoms with E-state index in [2.05, 4.69) is 6.58 Å². The lowest BCUT2D eigenvalue weighted by molar-refractivity contribution is -0.142. The molecule has 0 bridgehead atoms. The molecule has 1 aliphatic heterocycles. The van der Waals surface area contributed by atoms with Gasteiger partial charge in [-0.15, -0.1) is 0 Å². The van der Waals surface area contributed by atoms with Crippen molar-refractivity contribution in [3.63, 3.8) is 0 Å². The summed E-state index contributed by atoms with van der Waals surface area (Å²) in [5.41, 5.74) is 0. The molecule has 0 aliphatic carbocycles. The highest BCUT2D eigenvalue weighted by atomic mass is 16.6. The second kappa shape index (κ2) is 4.26. The third kappa shape index (κ3) is 3.53. The Hall–Kier alpha value is -0.830. The minimum absolute atomic E-state index is 0.0281. The Morgan fingerprint density at radius 3 is 3.08 bits per heavy atom. The Morgan fingerprint density at radius 2 is 2.58 bits per heavy atom. The molecule has 0 saturated carbocycles. The summed E-state index contributed by atoms with van der Waals surface area (Å²) < 4.78 is 9.99. The lowest BCUT2D eigenvalue weighted by atomic mass is 10.2. The van der Waals surface area contributed by atoms with Gasteiger partial charge in [-0.3, -0.25) is 0 Å². The fourth-order valence-electron chi connectivity index (χ4n) is 0.961. The first-order valence-electron chi connectivity index (χ1n) is 4.17. The molecule has 3 heteroatoms. The predicted molar refractivity (Wildman–Crippen MR) is 44.7 cm³/mol. The molecule has 12 heavy (non-hydrogen) atoms. The number of hydrogen-bond donors (Lipinski definition) is 0. The molecule has 68 valence electrons. The molecule has 1 fully saturated rings. The van der Waals surface area contributed by atoms with E-state index >= 15 is 0 Å². The SMILES string of the molecule is C=CC(=O)OC(C)CCC1CO1. The van der Waals surface area contributed by atoms with Gasteiger partial charge in [0.05, 0.1) is 18.8 Å². The summed E-state index contributed by atoms with van der Waals surface area (Å²) in [5.74, 6) is -0.348. The summed E-state index contributed by atoms with van der Waals surface area (Å²) in [6.45, 7) is 6.06. The van der Waals surface area contributed by atoms with Crippen molar-refractivity contribution in [1.29, 1.82) is 0 Å². The second-order valence-corrected chi connectivity index (χ2v) is 2.98. The molecule has 0 N–H and O–H groups in total. The maximum atomic E-state index is 10.7. The summed E-state index contributed by atoms with van der Waals surface area (Å²) in [4.78, 5) is 10.7. The second-order valence-electron chi connectivity index (χ2n) is 2.98. The summed E-state index contributed by atoms with van der Waals surface area (Å²) in [5, 5.41) is 0. The molecule has 3 nitrogen and oxygen atoms in total. The highest BCUT2D eigenvalue weighted by Gasteiger charge is 2.23. The molecule has 0 aromatic heterocycles. The van der Waals surface area contributed by atoms with Gasteiger partial charge in [0.15, 0.2) is 0 Å². The van der Waals surface area contributed by atoms with Gasteiger partial charge in [-0.05, 0) is 19.8 Å². The van der Waals surface area contributed by atoms with Crippen molar-refractivity contribution in [2.45, 2.75) is 32.0 Å². The summed E-state index contributed by atoms with van der Waals surface area (Å²) >= 11 is 0. The van der Waals surface area contributed by atoms with Crippen LogP contribution >= 0.6 is 0 Å². The molecule has 0 radical (unpaired) electrons. The molecule has 1 rings (SSSR count). The number of hydrogen-bond acceptors (Lipinski definition) is 3. The minimum atomic E-state index is -0.348. The molecule has 1 saturated heterocycles. The van der Waals surface area contributed by atoms with E-state index in [4.69, 9.17) is 9.47 Å². The van der Waals surface area contributed by atoms with Crippen molar-refractivity contribution in [3.8, 4) is 0 Å². The van der Waals surface area contributed by atoms with Crippen LogP contribution in [0.1, 0.15) is 19.8 Å². The molecule has 0 amide bonds. The maximum absolute atomic E-state index is 10.7. The Kier molecular flexibility index (Phi) is 3.29. The van der Waals surface area contributed by atoms with Crippen LogP contribution in [-0.2, 0) is 14.3 Å². The van der Waals surface area contributed by atoms with Crippen molar-refractivity contribution in [2.75, 3.05) is 6.61 Å². The molecule has 0 spiro atoms. The van der Waals surface area contributed by atoms with Crippen LogP contribution in [0.3, 0.4) is 0 Å². The molecular formula is C9H14O3. The van der Waals surface area contributed by atoms with E-state index in [1.54, 1.807) is 0 Å². The van der Waals surface area contributed by atoms with Gasteiger partial charge in [-0.25, -0.2) is 4.79 Å². The topological polar surface area (TPSA) is 38.8 Å². The van der Waals surface area contributed by atoms with Crippen LogP contribution in [0, 0.1) is 0 Å². The van der Waals surface area contributed by atoms with Crippen LogP contribution in [0.2, 0.25) is 0 Å². The van der Waals surface area contributed by atoms with Crippen molar-refractivity contribution in [1.82, 2.24) is 0 Å². The molecule has 1 aliphatic rings. The summed E-state index contributed by atoms with van der Waals surface area (Å²) in [6, 6.07) is 0. The van der Waals surface area contributed by atoms with Crippen LogP contribution in [0.5, 0.6) is 0 Å². The van der Waals surface area contributed by atoms with E-state index in [1.807, 2.05) is 6.92 Å². The van der Waals surface area contributed by atoms with Gasteiger partial charge in [0, 0.05) is 6.08 Å². The predicted octanol–water partition coefficient (Wildman–Crippen LogP) is 1.28. The fraction of sp³-hybridized carbons (Fsp3) is 0.667. The molecule has 1 heterocycles. The highest BCUT2D eigenvalue weighted by Crippen LogP contribution is 2.17. The average Bonchev–Trinajstić information content (AvgIpc) is 2.83. The zero-order valence-corrected chi connectivity index (χ0v) is 7.29. The number of carbonyl (C=O) groups is 1. The molecule has 0 aromatic carbocycles. The van der Waals surface area contributed by atoms with Gasteiger partial charge in [0.25, 0.3) is 0 Å². The van der Waals surface area contributed by atoms with Crippen LogP contribution in [0.25, 0.3) is 0 Å². The van der Waals surface area contributed by atoms with Crippen molar-refractivity contribution in [2.24, 2.45) is 0 Å². The van der Waals surface area contributed by atoms with Gasteiger partial charge in [-0.2, -0.15) is 0 Å². The minimum Gasteiger partial charge on any atom is -0.460 e. The first kappa shape index (κ1) is 9.26. The van der Waals surface area contributed by atoms with E-state index in [9.17, 15) is 4.79 Å². The van der Waals surface area contributed by atoms with Crippen LogP contribution in [-0.4, -0.2) is 24.8 Å². The van der Waals surface area contributed by atoms with Gasteiger partial charge in [0.2, 0.25) is 0 Å². The molecule has 2 unspecified atom stereocenters. The van der Waals surface area contributed by atoms with E-state index in [-0.39, 0.29) is 12.1 Å². The zero-order chi connectivity index (χ0) is 8.97. The monoisotopic (exact) mass is 170 g/mol. The number of epoxide rings is 1. The van der Waals surface area contributed by atoms with Crippen molar-refractivity contribution < 1.29 is 14.3 Å². The lowest BCUT2D eigenvalue weighted by Crippen LogP contribution is -2.13. The van der Waals surface area contributed by atoms with Crippen LogP contribution < -0.4 is 0 Å². The van der Waals surface area contributed by atoms with Crippen molar-refractivity contribution >= 4 is 5.97 Å². The summed E-state index contributed by atoms with van der Waals surface area (Å²) in [7, 11) is 0. The van der Waals surface area contributed by atoms with E-state index in [0.29, 0.717) is 6.10 Å². The quantitative estimate of drug-likeness (QED) is 0.354. The van der Waals surface area contributed by atoms with E-state index in [1.165, 1.54) is 6.08 Å². The largest absolute Gasteiger partial charge is 0.460 e. The Bertz CT molecular complexity index is 173. The van der Waals surface area contributed by atoms with E-state index in [0.717, 1.165) is 19.4 Å². The van der Waals surface area contributed by atoms with Crippen molar-refractivity contribution in [3.05, 3.63) is 12.7 Å². The molecule has 0 aromatic rings. The van der Waals surface area contributed by atoms with E-state index < -0.39 is 0 Å². The summed E-state index contributed by atoms with van der Waals surface area (Å²) in [6.07, 6.45) is 3.41. The first-order valence-corrected chi connectivity index (χ1v) is 4.17. The molecule has 2 atom stereocenters. The maximum Gasteiger partial charge on any atom is 0.330 e. The standard InChI is InChI=1S/C9H14O3/c1-3-9(10)12-7(2)4-5-8-6-11-8/h3,7-8H,1,4-6H2,2H3. The first-order chi connectivity index (χ1) is 5.72. The Balaban J connectivity index is 2.05. The average molecular weight is 170 g/mol. The van der Waals surface area contributed by atoms with Gasteiger partial charge in [-0.1, -0.05) is 6.58 Å². The normalized spacial score (nSPS) is 22.9. The Labute approximate surface area is 72.4 Å². The number of carbonyl (C=O) groups excluding carboxylic acids is 1. The third-order valence-corrected chi connectivity index (χ3v) is 1.78. The number of ether oxygens (including phenoxy) is 2. The van der Waals surface area contributed by atoms with Gasteiger partial charge in [0.1, 0.15) is 0 Å². The zero-order valence-electron chi connectivity index (χ0n) is 7.29. The lowest BCUT2D eigenvalue weighted by Gasteiger charge is -2.09. The smallest absolute Gasteiger partial charge is 0.330 e.